The maximum atomic E-state index is 13.5. The van der Waals surface area contributed by atoms with Gasteiger partial charge in [0.15, 0.2) is 5.75 Å². The topological polar surface area (TPSA) is 9.23 Å². The van der Waals surface area contributed by atoms with Crippen molar-refractivity contribution in [1.29, 1.82) is 0 Å². The predicted molar refractivity (Wildman–Crippen MR) is 75.7 cm³/mol. The summed E-state index contributed by atoms with van der Waals surface area (Å²) < 4.78 is 70.8. The molecule has 23 heavy (non-hydrogen) atoms. The molecule has 2 aromatic rings. The summed E-state index contributed by atoms with van der Waals surface area (Å²) in [5.74, 6) is -11.1. The van der Waals surface area contributed by atoms with Gasteiger partial charge in [-0.1, -0.05) is 38.1 Å². The molecular weight excluding hydrogens is 315 g/mol. The van der Waals surface area contributed by atoms with Crippen LogP contribution in [0.1, 0.15) is 37.3 Å². The highest BCUT2D eigenvalue weighted by Crippen LogP contribution is 2.29. The van der Waals surface area contributed by atoms with Crippen LogP contribution in [-0.2, 0) is 6.61 Å². The monoisotopic (exact) mass is 330 g/mol. The van der Waals surface area contributed by atoms with Crippen LogP contribution in [0.15, 0.2) is 24.3 Å². The fourth-order valence-corrected chi connectivity index (χ4v) is 2.05. The van der Waals surface area contributed by atoms with Crippen molar-refractivity contribution < 1.29 is 26.7 Å². The van der Waals surface area contributed by atoms with Crippen molar-refractivity contribution in [3.8, 4) is 5.75 Å². The Kier molecular flexibility index (Phi) is 5.23. The van der Waals surface area contributed by atoms with Gasteiger partial charge in [0.25, 0.3) is 0 Å². The fourth-order valence-electron chi connectivity index (χ4n) is 2.05. The summed E-state index contributed by atoms with van der Waals surface area (Å²) in [6, 6.07) is 7.05. The van der Waals surface area contributed by atoms with Gasteiger partial charge in [0, 0.05) is 0 Å². The van der Waals surface area contributed by atoms with Gasteiger partial charge in [-0.3, -0.25) is 0 Å². The third kappa shape index (κ3) is 3.46. The highest BCUT2D eigenvalue weighted by Gasteiger charge is 2.27. The van der Waals surface area contributed by atoms with Crippen molar-refractivity contribution in [2.24, 2.45) is 0 Å². The van der Waals surface area contributed by atoms with Crippen LogP contribution in [-0.4, -0.2) is 0 Å². The largest absolute Gasteiger partial charge is 0.483 e. The second-order valence-corrected chi connectivity index (χ2v) is 5.24. The van der Waals surface area contributed by atoms with Crippen molar-refractivity contribution >= 4 is 0 Å². The zero-order chi connectivity index (χ0) is 17.1. The van der Waals surface area contributed by atoms with Crippen molar-refractivity contribution in [3.05, 3.63) is 64.5 Å². The van der Waals surface area contributed by atoms with Gasteiger partial charge in [0.2, 0.25) is 29.1 Å². The highest BCUT2D eigenvalue weighted by molar-refractivity contribution is 5.31. The molecule has 0 amide bonds. The molecule has 0 heterocycles. The lowest BCUT2D eigenvalue weighted by molar-refractivity contribution is 0.253. The average molecular weight is 330 g/mol. The Labute approximate surface area is 130 Å². The minimum atomic E-state index is -2.20. The van der Waals surface area contributed by atoms with Gasteiger partial charge in [-0.2, -0.15) is 8.78 Å². The predicted octanol–water partition coefficient (Wildman–Crippen LogP) is 5.47. The van der Waals surface area contributed by atoms with Crippen LogP contribution in [0.25, 0.3) is 0 Å². The van der Waals surface area contributed by atoms with Gasteiger partial charge in [-0.05, 0) is 23.5 Å². The van der Waals surface area contributed by atoms with Crippen LogP contribution in [0.3, 0.4) is 0 Å². The minimum absolute atomic E-state index is 0.306. The molecule has 0 N–H and O–H groups in total. The van der Waals surface area contributed by atoms with Gasteiger partial charge in [0.1, 0.15) is 6.61 Å². The van der Waals surface area contributed by atoms with E-state index in [0.29, 0.717) is 11.5 Å². The molecular formula is C17H15F5O. The van der Waals surface area contributed by atoms with Gasteiger partial charge in [0.05, 0.1) is 0 Å². The van der Waals surface area contributed by atoms with Crippen LogP contribution in [0, 0.1) is 29.1 Å². The lowest BCUT2D eigenvalue weighted by Gasteiger charge is -2.12. The number of benzene rings is 2. The molecule has 0 saturated carbocycles. The first-order valence-corrected chi connectivity index (χ1v) is 7.09. The number of hydrogen-bond donors (Lipinski definition) is 0. The van der Waals surface area contributed by atoms with Gasteiger partial charge >= 0.3 is 0 Å². The summed E-state index contributed by atoms with van der Waals surface area (Å²) in [5, 5.41) is 0. The third-order valence-electron chi connectivity index (χ3n) is 3.71. The van der Waals surface area contributed by atoms with Crippen LogP contribution in [0.4, 0.5) is 22.0 Å². The molecule has 0 saturated heterocycles. The third-order valence-corrected chi connectivity index (χ3v) is 3.71. The Hall–Kier alpha value is -2.11. The van der Waals surface area contributed by atoms with Crippen LogP contribution < -0.4 is 4.74 Å². The van der Waals surface area contributed by atoms with E-state index < -0.39 is 34.8 Å². The molecule has 1 atom stereocenters. The maximum absolute atomic E-state index is 13.5. The van der Waals surface area contributed by atoms with E-state index in [1.807, 2.05) is 19.1 Å². The standard InChI is InChI=1S/C17H15F5O/c1-3-9(2)11-6-4-10(5-7-11)8-23-17-15(21)13(19)12(18)14(20)16(17)22/h4-7,9H,3,8H2,1-2H3. The summed E-state index contributed by atoms with van der Waals surface area (Å²) in [7, 11) is 0. The summed E-state index contributed by atoms with van der Waals surface area (Å²) in [6.07, 6.45) is 0.959. The highest BCUT2D eigenvalue weighted by atomic mass is 19.2. The first-order chi connectivity index (χ1) is 10.9. The van der Waals surface area contributed by atoms with E-state index in [2.05, 4.69) is 6.92 Å². The van der Waals surface area contributed by atoms with Crippen molar-refractivity contribution in [3.63, 3.8) is 0 Å². The molecule has 1 unspecified atom stereocenters. The molecule has 0 bridgehead atoms. The molecule has 2 rings (SSSR count). The van der Waals surface area contributed by atoms with E-state index in [9.17, 15) is 22.0 Å². The molecule has 0 aliphatic carbocycles. The first-order valence-electron chi connectivity index (χ1n) is 7.09. The Morgan fingerprint density at radius 2 is 1.30 bits per heavy atom. The van der Waals surface area contributed by atoms with Crippen molar-refractivity contribution in [1.82, 2.24) is 0 Å². The minimum Gasteiger partial charge on any atom is -0.483 e. The average Bonchev–Trinajstić information content (AvgIpc) is 2.58. The van der Waals surface area contributed by atoms with E-state index in [1.165, 1.54) is 0 Å². The smallest absolute Gasteiger partial charge is 0.207 e. The second-order valence-electron chi connectivity index (χ2n) is 5.24. The normalized spacial score (nSPS) is 12.3. The number of ether oxygens (including phenoxy) is 1. The first kappa shape index (κ1) is 17.2. The molecule has 124 valence electrons. The molecule has 0 aromatic heterocycles. The maximum Gasteiger partial charge on any atom is 0.207 e. The Balaban J connectivity index is 2.18. The summed E-state index contributed by atoms with van der Waals surface area (Å²) in [6.45, 7) is 3.80. The molecule has 6 heteroatoms. The van der Waals surface area contributed by atoms with E-state index in [0.717, 1.165) is 12.0 Å². The molecule has 2 aromatic carbocycles. The van der Waals surface area contributed by atoms with E-state index in [-0.39, 0.29) is 6.61 Å². The van der Waals surface area contributed by atoms with Crippen LogP contribution in [0.2, 0.25) is 0 Å². The molecule has 1 nitrogen and oxygen atoms in total. The van der Waals surface area contributed by atoms with E-state index >= 15 is 0 Å². The summed E-state index contributed by atoms with van der Waals surface area (Å²) in [4.78, 5) is 0. The lowest BCUT2D eigenvalue weighted by Crippen LogP contribution is -2.07. The zero-order valence-corrected chi connectivity index (χ0v) is 12.6. The van der Waals surface area contributed by atoms with Crippen LogP contribution in [0.5, 0.6) is 5.75 Å². The zero-order valence-electron chi connectivity index (χ0n) is 12.6. The molecule has 0 spiro atoms. The van der Waals surface area contributed by atoms with Gasteiger partial charge < -0.3 is 4.74 Å². The van der Waals surface area contributed by atoms with Gasteiger partial charge in [-0.15, -0.1) is 0 Å². The second kappa shape index (κ2) is 6.98. The van der Waals surface area contributed by atoms with Crippen molar-refractivity contribution in [2.75, 3.05) is 0 Å². The Bertz CT molecular complexity index is 668. The lowest BCUT2D eigenvalue weighted by atomic mass is 9.98. The number of halogens is 5. The quantitative estimate of drug-likeness (QED) is 0.401. The Morgan fingerprint density at radius 3 is 1.78 bits per heavy atom. The molecule has 0 radical (unpaired) electrons. The number of rotatable bonds is 5. The van der Waals surface area contributed by atoms with E-state index in [1.54, 1.807) is 12.1 Å². The molecule has 0 aliphatic heterocycles. The number of hydrogen-bond acceptors (Lipinski definition) is 1. The summed E-state index contributed by atoms with van der Waals surface area (Å²) in [5.41, 5.74) is 1.65. The van der Waals surface area contributed by atoms with Crippen molar-refractivity contribution in [2.45, 2.75) is 32.8 Å². The molecule has 0 fully saturated rings. The van der Waals surface area contributed by atoms with E-state index in [4.69, 9.17) is 4.74 Å². The fraction of sp³-hybridized carbons (Fsp3) is 0.294. The Morgan fingerprint density at radius 1 is 0.826 bits per heavy atom. The SMILES string of the molecule is CCC(C)c1ccc(COc2c(F)c(F)c(F)c(F)c2F)cc1. The molecule has 0 aliphatic rings. The van der Waals surface area contributed by atoms with Crippen LogP contribution >= 0.6 is 0 Å². The van der Waals surface area contributed by atoms with Gasteiger partial charge in [-0.25, -0.2) is 13.2 Å². The summed E-state index contributed by atoms with van der Waals surface area (Å²) >= 11 is 0.